The van der Waals surface area contributed by atoms with Gasteiger partial charge in [-0.3, -0.25) is 0 Å². The fourth-order valence-electron chi connectivity index (χ4n) is 0.882. The monoisotopic (exact) mass is 212 g/mol. The van der Waals surface area contributed by atoms with Crippen molar-refractivity contribution < 1.29 is 4.79 Å². The normalized spacial score (nSPS) is 12.5. The van der Waals surface area contributed by atoms with E-state index in [0.29, 0.717) is 6.42 Å². The van der Waals surface area contributed by atoms with Gasteiger partial charge in [0.2, 0.25) is 0 Å². The molecule has 0 amide bonds. The molecule has 1 atom stereocenters. The van der Waals surface area contributed by atoms with Crippen molar-refractivity contribution in [2.75, 3.05) is 0 Å². The van der Waals surface area contributed by atoms with Gasteiger partial charge in [0.15, 0.2) is 0 Å². The maximum Gasteiger partial charge on any atom is 0.121 e. The summed E-state index contributed by atoms with van der Waals surface area (Å²) in [5.41, 5.74) is 1.15. The largest absolute Gasteiger partial charge is 0.303 e. The minimum Gasteiger partial charge on any atom is -0.303 e. The Morgan fingerprint density at radius 1 is 1.36 bits per heavy atom. The van der Waals surface area contributed by atoms with Gasteiger partial charge in [0, 0.05) is 11.2 Å². The average Bonchev–Trinajstić information content (AvgIpc) is 2.07. The Hall–Kier alpha value is -0.630. The van der Waals surface area contributed by atoms with Crippen molar-refractivity contribution in [2.45, 2.75) is 11.2 Å². The second-order valence-corrected chi connectivity index (χ2v) is 3.39. The van der Waals surface area contributed by atoms with Crippen molar-refractivity contribution >= 4 is 22.2 Å². The molecule has 0 fully saturated rings. The Kier molecular flexibility index (Phi) is 3.30. The van der Waals surface area contributed by atoms with Gasteiger partial charge in [0.25, 0.3) is 0 Å². The van der Waals surface area contributed by atoms with Crippen molar-refractivity contribution in [1.29, 1.82) is 0 Å². The van der Waals surface area contributed by atoms with E-state index in [9.17, 15) is 4.79 Å². The Balaban J connectivity index is 2.68. The van der Waals surface area contributed by atoms with E-state index in [2.05, 4.69) is 15.9 Å². The van der Waals surface area contributed by atoms with Gasteiger partial charge in [-0.15, -0.1) is 0 Å². The topological polar surface area (TPSA) is 17.1 Å². The molecule has 0 bridgehead atoms. The maximum absolute atomic E-state index is 10.2. The molecule has 0 aliphatic carbocycles. The smallest absolute Gasteiger partial charge is 0.121 e. The second-order valence-electron chi connectivity index (χ2n) is 2.28. The molecule has 0 saturated heterocycles. The number of halogens is 1. The van der Waals surface area contributed by atoms with Crippen LogP contribution in [0.2, 0.25) is 0 Å². The molecule has 11 heavy (non-hydrogen) atoms. The van der Waals surface area contributed by atoms with Gasteiger partial charge in [-0.25, -0.2) is 0 Å². The molecule has 0 heterocycles. The Bertz CT molecular complexity index is 220. The molecular weight excluding hydrogens is 204 g/mol. The molecule has 0 radical (unpaired) electrons. The Labute approximate surface area is 74.6 Å². The third kappa shape index (κ3) is 2.46. The summed E-state index contributed by atoms with van der Waals surface area (Å²) in [7, 11) is 0. The van der Waals surface area contributed by atoms with E-state index in [1.54, 1.807) is 0 Å². The third-order valence-corrected chi connectivity index (χ3v) is 2.37. The highest BCUT2D eigenvalue weighted by Crippen LogP contribution is 2.24. The zero-order chi connectivity index (χ0) is 8.10. The van der Waals surface area contributed by atoms with Crippen LogP contribution in [0.25, 0.3) is 0 Å². The SMILES string of the molecule is O=CCC(Br)c1ccccc1. The fourth-order valence-corrected chi connectivity index (χ4v) is 1.34. The summed E-state index contributed by atoms with van der Waals surface area (Å²) in [6, 6.07) is 9.90. The van der Waals surface area contributed by atoms with E-state index in [1.807, 2.05) is 30.3 Å². The van der Waals surface area contributed by atoms with E-state index in [-0.39, 0.29) is 4.83 Å². The number of hydrogen-bond acceptors (Lipinski definition) is 1. The Morgan fingerprint density at radius 3 is 2.55 bits per heavy atom. The van der Waals surface area contributed by atoms with Gasteiger partial charge in [0.05, 0.1) is 0 Å². The molecule has 0 N–H and O–H groups in total. The van der Waals surface area contributed by atoms with Gasteiger partial charge in [-0.1, -0.05) is 46.3 Å². The van der Waals surface area contributed by atoms with Crippen LogP contribution in [-0.2, 0) is 4.79 Å². The number of carbonyl (C=O) groups is 1. The molecule has 58 valence electrons. The summed E-state index contributed by atoms with van der Waals surface area (Å²) in [5, 5.41) is 0. The minimum atomic E-state index is 0.168. The molecular formula is C9H9BrO. The second kappa shape index (κ2) is 4.29. The molecule has 2 heteroatoms. The number of hydrogen-bond donors (Lipinski definition) is 0. The van der Waals surface area contributed by atoms with Crippen LogP contribution >= 0.6 is 15.9 Å². The first kappa shape index (κ1) is 8.47. The van der Waals surface area contributed by atoms with Gasteiger partial charge in [0.1, 0.15) is 6.29 Å². The highest BCUT2D eigenvalue weighted by atomic mass is 79.9. The summed E-state index contributed by atoms with van der Waals surface area (Å²) in [5.74, 6) is 0. The lowest BCUT2D eigenvalue weighted by Crippen LogP contribution is -1.89. The first-order valence-electron chi connectivity index (χ1n) is 3.47. The van der Waals surface area contributed by atoms with E-state index >= 15 is 0 Å². The van der Waals surface area contributed by atoms with Crippen molar-refractivity contribution in [1.82, 2.24) is 0 Å². The fraction of sp³-hybridized carbons (Fsp3) is 0.222. The zero-order valence-corrected chi connectivity index (χ0v) is 7.62. The van der Waals surface area contributed by atoms with E-state index in [4.69, 9.17) is 0 Å². The van der Waals surface area contributed by atoms with Gasteiger partial charge in [-0.05, 0) is 5.56 Å². The standard InChI is InChI=1S/C9H9BrO/c10-9(6-7-11)8-4-2-1-3-5-8/h1-5,7,9H,6H2. The number of aldehydes is 1. The predicted octanol–water partition coefficient (Wildman–Crippen LogP) is 2.71. The third-order valence-electron chi connectivity index (χ3n) is 1.46. The van der Waals surface area contributed by atoms with Crippen molar-refractivity contribution in [3.63, 3.8) is 0 Å². The first-order valence-corrected chi connectivity index (χ1v) is 4.39. The van der Waals surface area contributed by atoms with Crippen LogP contribution in [0.15, 0.2) is 30.3 Å². The number of rotatable bonds is 3. The molecule has 0 saturated carbocycles. The highest BCUT2D eigenvalue weighted by molar-refractivity contribution is 9.09. The van der Waals surface area contributed by atoms with E-state index in [0.717, 1.165) is 11.8 Å². The molecule has 1 aromatic carbocycles. The summed E-state index contributed by atoms with van der Waals surface area (Å²) in [6.07, 6.45) is 1.45. The Morgan fingerprint density at radius 2 is 2.00 bits per heavy atom. The van der Waals surface area contributed by atoms with Crippen molar-refractivity contribution in [3.8, 4) is 0 Å². The number of alkyl halides is 1. The molecule has 1 rings (SSSR count). The molecule has 1 aromatic rings. The highest BCUT2D eigenvalue weighted by Gasteiger charge is 2.03. The first-order chi connectivity index (χ1) is 5.34. The number of benzene rings is 1. The molecule has 0 spiro atoms. The maximum atomic E-state index is 10.2. The lowest BCUT2D eigenvalue weighted by atomic mass is 10.1. The van der Waals surface area contributed by atoms with Gasteiger partial charge >= 0.3 is 0 Å². The quantitative estimate of drug-likeness (QED) is 0.557. The van der Waals surface area contributed by atoms with Crippen LogP contribution in [0, 0.1) is 0 Å². The molecule has 0 aliphatic heterocycles. The summed E-state index contributed by atoms with van der Waals surface area (Å²) >= 11 is 3.41. The van der Waals surface area contributed by atoms with Crippen LogP contribution in [-0.4, -0.2) is 6.29 Å². The predicted molar refractivity (Wildman–Crippen MR) is 48.8 cm³/mol. The number of carbonyl (C=O) groups excluding carboxylic acids is 1. The average molecular weight is 213 g/mol. The molecule has 1 nitrogen and oxygen atoms in total. The molecule has 0 aliphatic rings. The van der Waals surface area contributed by atoms with Crippen molar-refractivity contribution in [3.05, 3.63) is 35.9 Å². The van der Waals surface area contributed by atoms with Gasteiger partial charge < -0.3 is 4.79 Å². The van der Waals surface area contributed by atoms with E-state index in [1.165, 1.54) is 0 Å². The summed E-state index contributed by atoms with van der Waals surface area (Å²) < 4.78 is 0. The lowest BCUT2D eigenvalue weighted by Gasteiger charge is -2.04. The van der Waals surface area contributed by atoms with Crippen LogP contribution in [0.1, 0.15) is 16.8 Å². The molecule has 0 aromatic heterocycles. The summed E-state index contributed by atoms with van der Waals surface area (Å²) in [4.78, 5) is 10.3. The van der Waals surface area contributed by atoms with Crippen LogP contribution in [0.3, 0.4) is 0 Å². The van der Waals surface area contributed by atoms with Crippen LogP contribution < -0.4 is 0 Å². The van der Waals surface area contributed by atoms with Crippen molar-refractivity contribution in [2.24, 2.45) is 0 Å². The lowest BCUT2D eigenvalue weighted by molar-refractivity contribution is -0.107. The van der Waals surface area contributed by atoms with Crippen LogP contribution in [0.5, 0.6) is 0 Å². The zero-order valence-electron chi connectivity index (χ0n) is 6.03. The van der Waals surface area contributed by atoms with Gasteiger partial charge in [-0.2, -0.15) is 0 Å². The van der Waals surface area contributed by atoms with E-state index < -0.39 is 0 Å². The summed E-state index contributed by atoms with van der Waals surface area (Å²) in [6.45, 7) is 0. The molecule has 1 unspecified atom stereocenters. The van der Waals surface area contributed by atoms with Crippen LogP contribution in [0.4, 0.5) is 0 Å². The minimum absolute atomic E-state index is 0.168.